The summed E-state index contributed by atoms with van der Waals surface area (Å²) >= 11 is 0. The minimum atomic E-state index is -0.282. The minimum Gasteiger partial charge on any atom is -0.344 e. The SMILES string of the molecule is CC(C)Cn1nc(C(=O)N[C@H](C)c2ccccc2)c2ccccc2c1=O. The van der Waals surface area contributed by atoms with Crippen molar-refractivity contribution in [2.45, 2.75) is 33.4 Å². The van der Waals surface area contributed by atoms with E-state index in [9.17, 15) is 9.59 Å². The fraction of sp³-hybridized carbons (Fsp3) is 0.286. The Morgan fingerprint density at radius 3 is 2.27 bits per heavy atom. The summed E-state index contributed by atoms with van der Waals surface area (Å²) < 4.78 is 1.40. The van der Waals surface area contributed by atoms with Crippen molar-refractivity contribution < 1.29 is 4.79 Å². The number of carbonyl (C=O) groups is 1. The molecule has 1 aromatic heterocycles. The van der Waals surface area contributed by atoms with Crippen molar-refractivity contribution in [3.63, 3.8) is 0 Å². The van der Waals surface area contributed by atoms with Crippen molar-refractivity contribution in [2.75, 3.05) is 0 Å². The average molecular weight is 349 g/mol. The van der Waals surface area contributed by atoms with Crippen LogP contribution in [-0.2, 0) is 6.54 Å². The molecule has 0 aliphatic heterocycles. The largest absolute Gasteiger partial charge is 0.344 e. The van der Waals surface area contributed by atoms with Gasteiger partial charge in [0.15, 0.2) is 5.69 Å². The predicted molar refractivity (Wildman–Crippen MR) is 103 cm³/mol. The van der Waals surface area contributed by atoms with Gasteiger partial charge in [0.25, 0.3) is 11.5 Å². The van der Waals surface area contributed by atoms with Crippen molar-refractivity contribution >= 4 is 16.7 Å². The summed E-state index contributed by atoms with van der Waals surface area (Å²) in [5, 5.41) is 8.46. The van der Waals surface area contributed by atoms with Crippen LogP contribution in [0.1, 0.15) is 42.9 Å². The Kier molecular flexibility index (Phi) is 5.16. The van der Waals surface area contributed by atoms with E-state index in [1.54, 1.807) is 18.2 Å². The predicted octanol–water partition coefficient (Wildman–Crippen LogP) is 3.54. The van der Waals surface area contributed by atoms with Gasteiger partial charge in [-0.1, -0.05) is 62.4 Å². The first-order valence-corrected chi connectivity index (χ1v) is 8.83. The second-order valence-electron chi connectivity index (χ2n) is 6.88. The topological polar surface area (TPSA) is 64.0 Å². The van der Waals surface area contributed by atoms with Crippen LogP contribution in [0.3, 0.4) is 0 Å². The van der Waals surface area contributed by atoms with E-state index < -0.39 is 0 Å². The van der Waals surface area contributed by atoms with Gasteiger partial charge in [0.05, 0.1) is 11.4 Å². The van der Waals surface area contributed by atoms with Gasteiger partial charge < -0.3 is 5.32 Å². The number of hydrogen-bond acceptors (Lipinski definition) is 3. The maximum Gasteiger partial charge on any atom is 0.274 e. The fourth-order valence-corrected chi connectivity index (χ4v) is 2.96. The molecule has 3 aromatic rings. The van der Waals surface area contributed by atoms with E-state index in [0.717, 1.165) is 5.56 Å². The van der Waals surface area contributed by atoms with E-state index in [0.29, 0.717) is 17.3 Å². The quantitative estimate of drug-likeness (QED) is 0.766. The smallest absolute Gasteiger partial charge is 0.274 e. The molecular formula is C21H23N3O2. The first-order chi connectivity index (χ1) is 12.5. The normalized spacial score (nSPS) is 12.3. The zero-order valence-electron chi connectivity index (χ0n) is 15.3. The number of rotatable bonds is 5. The Morgan fingerprint density at radius 2 is 1.62 bits per heavy atom. The Bertz CT molecular complexity index is 977. The van der Waals surface area contributed by atoms with Crippen molar-refractivity contribution in [1.29, 1.82) is 0 Å². The van der Waals surface area contributed by atoms with E-state index in [1.807, 2.05) is 57.2 Å². The van der Waals surface area contributed by atoms with Gasteiger partial charge in [-0.2, -0.15) is 5.10 Å². The Labute approximate surface area is 152 Å². The summed E-state index contributed by atoms with van der Waals surface area (Å²) in [6.07, 6.45) is 0. The van der Waals surface area contributed by atoms with Crippen LogP contribution in [0.25, 0.3) is 10.8 Å². The van der Waals surface area contributed by atoms with Crippen LogP contribution in [-0.4, -0.2) is 15.7 Å². The highest BCUT2D eigenvalue weighted by Gasteiger charge is 2.19. The fourth-order valence-electron chi connectivity index (χ4n) is 2.96. The molecule has 0 fully saturated rings. The minimum absolute atomic E-state index is 0.158. The molecule has 1 atom stereocenters. The summed E-state index contributed by atoms with van der Waals surface area (Å²) in [6, 6.07) is 16.7. The number of hydrogen-bond donors (Lipinski definition) is 1. The molecule has 26 heavy (non-hydrogen) atoms. The zero-order valence-corrected chi connectivity index (χ0v) is 15.3. The monoisotopic (exact) mass is 349 g/mol. The lowest BCUT2D eigenvalue weighted by molar-refractivity contribution is 0.0934. The molecule has 3 rings (SSSR count). The zero-order chi connectivity index (χ0) is 18.7. The van der Waals surface area contributed by atoms with Crippen molar-refractivity contribution in [1.82, 2.24) is 15.1 Å². The number of nitrogens with one attached hydrogen (secondary N) is 1. The number of aromatic nitrogens is 2. The second-order valence-corrected chi connectivity index (χ2v) is 6.88. The highest BCUT2D eigenvalue weighted by atomic mass is 16.2. The molecule has 1 heterocycles. The first-order valence-electron chi connectivity index (χ1n) is 8.83. The van der Waals surface area contributed by atoms with Crippen molar-refractivity contribution in [3.05, 3.63) is 76.2 Å². The molecule has 0 aliphatic rings. The standard InChI is InChI=1S/C21H23N3O2/c1-14(2)13-24-21(26)18-12-8-7-11-17(18)19(23-24)20(25)22-15(3)16-9-5-4-6-10-16/h4-12,14-15H,13H2,1-3H3,(H,22,25)/t15-/m1/s1. The Hall–Kier alpha value is -2.95. The third kappa shape index (κ3) is 3.67. The van der Waals surface area contributed by atoms with E-state index in [-0.39, 0.29) is 29.1 Å². The summed E-state index contributed by atoms with van der Waals surface area (Å²) in [6.45, 7) is 6.43. The molecule has 5 nitrogen and oxygen atoms in total. The van der Waals surface area contributed by atoms with E-state index >= 15 is 0 Å². The maximum atomic E-state index is 12.9. The third-order valence-electron chi connectivity index (χ3n) is 4.27. The molecule has 134 valence electrons. The lowest BCUT2D eigenvalue weighted by Crippen LogP contribution is -2.32. The van der Waals surface area contributed by atoms with Crippen LogP contribution in [0, 0.1) is 5.92 Å². The summed E-state index contributed by atoms with van der Waals surface area (Å²) in [5.41, 5.74) is 1.13. The van der Waals surface area contributed by atoms with Gasteiger partial charge in [-0.25, -0.2) is 4.68 Å². The van der Waals surface area contributed by atoms with Gasteiger partial charge in [-0.05, 0) is 24.5 Å². The molecule has 1 N–H and O–H groups in total. The highest BCUT2D eigenvalue weighted by molar-refractivity contribution is 6.04. The molecule has 0 aliphatic carbocycles. The molecule has 0 radical (unpaired) electrons. The molecular weight excluding hydrogens is 326 g/mol. The molecule has 0 spiro atoms. The van der Waals surface area contributed by atoms with Gasteiger partial charge in [-0.15, -0.1) is 0 Å². The second kappa shape index (κ2) is 7.52. The van der Waals surface area contributed by atoms with Crippen LogP contribution in [0.4, 0.5) is 0 Å². The number of benzene rings is 2. The van der Waals surface area contributed by atoms with E-state index in [4.69, 9.17) is 0 Å². The van der Waals surface area contributed by atoms with Gasteiger partial charge in [-0.3, -0.25) is 9.59 Å². The molecule has 0 saturated carbocycles. The van der Waals surface area contributed by atoms with Gasteiger partial charge in [0, 0.05) is 11.9 Å². The van der Waals surface area contributed by atoms with Crippen LogP contribution >= 0.6 is 0 Å². The highest BCUT2D eigenvalue weighted by Crippen LogP contribution is 2.16. The Balaban J connectivity index is 2.01. The van der Waals surface area contributed by atoms with Gasteiger partial charge in [0.1, 0.15) is 0 Å². The number of nitrogens with zero attached hydrogens (tertiary/aromatic N) is 2. The van der Waals surface area contributed by atoms with Crippen LogP contribution in [0.15, 0.2) is 59.4 Å². The molecule has 2 aromatic carbocycles. The van der Waals surface area contributed by atoms with E-state index in [2.05, 4.69) is 10.4 Å². The summed E-state index contributed by atoms with van der Waals surface area (Å²) in [7, 11) is 0. The van der Waals surface area contributed by atoms with Gasteiger partial charge in [0.2, 0.25) is 0 Å². The molecule has 0 bridgehead atoms. The van der Waals surface area contributed by atoms with Crippen LogP contribution in [0.5, 0.6) is 0 Å². The maximum absolute atomic E-state index is 12.9. The van der Waals surface area contributed by atoms with E-state index in [1.165, 1.54) is 4.68 Å². The van der Waals surface area contributed by atoms with Gasteiger partial charge >= 0.3 is 0 Å². The number of amides is 1. The summed E-state index contributed by atoms with van der Waals surface area (Å²) in [4.78, 5) is 25.6. The first kappa shape index (κ1) is 17.9. The lowest BCUT2D eigenvalue weighted by Gasteiger charge is -2.16. The number of fused-ring (bicyclic) bond motifs is 1. The molecule has 5 heteroatoms. The third-order valence-corrected chi connectivity index (χ3v) is 4.27. The number of carbonyl (C=O) groups excluding carboxylic acids is 1. The molecule has 0 unspecified atom stereocenters. The average Bonchev–Trinajstić information content (AvgIpc) is 2.64. The molecule has 0 saturated heterocycles. The van der Waals surface area contributed by atoms with Crippen LogP contribution in [0.2, 0.25) is 0 Å². The van der Waals surface area contributed by atoms with Crippen molar-refractivity contribution in [3.8, 4) is 0 Å². The van der Waals surface area contributed by atoms with Crippen LogP contribution < -0.4 is 10.9 Å². The summed E-state index contributed by atoms with van der Waals surface area (Å²) in [5.74, 6) is -0.0319. The lowest BCUT2D eigenvalue weighted by atomic mass is 10.1. The van der Waals surface area contributed by atoms with Crippen molar-refractivity contribution in [2.24, 2.45) is 5.92 Å². The molecule has 1 amide bonds. The Morgan fingerprint density at radius 1 is 1.00 bits per heavy atom.